The van der Waals surface area contributed by atoms with Gasteiger partial charge in [-0.2, -0.15) is 0 Å². The van der Waals surface area contributed by atoms with Crippen molar-refractivity contribution in [2.24, 2.45) is 11.8 Å². The van der Waals surface area contributed by atoms with E-state index >= 15 is 0 Å². The van der Waals surface area contributed by atoms with Crippen molar-refractivity contribution < 1.29 is 19.7 Å². The first-order valence-corrected chi connectivity index (χ1v) is 7.35. The van der Waals surface area contributed by atoms with Gasteiger partial charge >= 0.3 is 5.97 Å². The van der Waals surface area contributed by atoms with E-state index in [1.165, 1.54) is 0 Å². The monoisotopic (exact) mass is 268 g/mol. The Labute approximate surface area is 114 Å². The van der Waals surface area contributed by atoms with Gasteiger partial charge in [-0.1, -0.05) is 38.3 Å². The maximum atomic E-state index is 11.2. The Hall–Kier alpha value is -0.870. The molecule has 4 nitrogen and oxygen atoms in total. The largest absolute Gasteiger partial charge is 0.462 e. The molecule has 2 N–H and O–H groups in total. The molecular formula is C15H24O4. The number of carbonyl (C=O) groups excluding carboxylic acids is 1. The summed E-state index contributed by atoms with van der Waals surface area (Å²) in [5, 5.41) is 19.8. The molecule has 1 aliphatic heterocycles. The molecule has 1 saturated carbocycles. The fraction of sp³-hybridized carbons (Fsp3) is 0.800. The van der Waals surface area contributed by atoms with E-state index < -0.39 is 12.2 Å². The lowest BCUT2D eigenvalue weighted by Gasteiger charge is -2.15. The van der Waals surface area contributed by atoms with E-state index in [1.54, 1.807) is 6.08 Å². The molecule has 4 heteroatoms. The van der Waals surface area contributed by atoms with Crippen molar-refractivity contribution in [3.05, 3.63) is 12.2 Å². The summed E-state index contributed by atoms with van der Waals surface area (Å²) in [7, 11) is 0. The number of hydrogen-bond acceptors (Lipinski definition) is 4. The van der Waals surface area contributed by atoms with Crippen molar-refractivity contribution in [1.82, 2.24) is 0 Å². The predicted molar refractivity (Wildman–Crippen MR) is 71.4 cm³/mol. The molecule has 0 spiro atoms. The number of ether oxygens (including phenoxy) is 1. The Morgan fingerprint density at radius 1 is 1.47 bits per heavy atom. The number of aliphatic hydroxyl groups is 2. The number of rotatable bonds is 6. The van der Waals surface area contributed by atoms with Crippen LogP contribution >= 0.6 is 0 Å². The first kappa shape index (κ1) is 14.5. The van der Waals surface area contributed by atoms with E-state index in [4.69, 9.17) is 4.74 Å². The van der Waals surface area contributed by atoms with Crippen LogP contribution in [-0.2, 0) is 9.53 Å². The lowest BCUT2D eigenvalue weighted by atomic mass is 9.91. The molecule has 0 aromatic heterocycles. The number of unbranched alkanes of at least 4 members (excludes halogenated alkanes) is 2. The molecule has 0 bridgehead atoms. The van der Waals surface area contributed by atoms with Crippen LogP contribution in [0, 0.1) is 11.8 Å². The van der Waals surface area contributed by atoms with E-state index in [-0.39, 0.29) is 23.9 Å². The molecule has 0 radical (unpaired) electrons. The van der Waals surface area contributed by atoms with E-state index in [1.807, 2.05) is 6.08 Å². The van der Waals surface area contributed by atoms with Gasteiger partial charge in [0.25, 0.3) is 0 Å². The topological polar surface area (TPSA) is 66.8 Å². The number of fused-ring (bicyclic) bond motifs is 1. The van der Waals surface area contributed by atoms with Crippen molar-refractivity contribution >= 4 is 5.97 Å². The molecule has 1 aliphatic carbocycles. The minimum absolute atomic E-state index is 0.0581. The predicted octanol–water partition coefficient (Wildman–Crippen LogP) is 1.80. The van der Waals surface area contributed by atoms with E-state index in [9.17, 15) is 15.0 Å². The van der Waals surface area contributed by atoms with Crippen molar-refractivity contribution in [3.63, 3.8) is 0 Å². The van der Waals surface area contributed by atoms with Crippen molar-refractivity contribution in [3.8, 4) is 0 Å². The molecule has 2 aliphatic rings. The van der Waals surface area contributed by atoms with Crippen LogP contribution in [0.5, 0.6) is 0 Å². The summed E-state index contributed by atoms with van der Waals surface area (Å²) in [6.07, 6.45) is 7.58. The zero-order valence-corrected chi connectivity index (χ0v) is 11.5. The molecule has 0 aromatic carbocycles. The smallest absolute Gasteiger partial charge is 0.306 e. The van der Waals surface area contributed by atoms with Crippen LogP contribution in [0.4, 0.5) is 0 Å². The molecule has 2 fully saturated rings. The second-order valence-corrected chi connectivity index (χ2v) is 5.72. The third kappa shape index (κ3) is 3.57. The minimum Gasteiger partial charge on any atom is -0.462 e. The number of hydrogen-bond donors (Lipinski definition) is 2. The molecule has 5 atom stereocenters. The van der Waals surface area contributed by atoms with Crippen LogP contribution in [0.15, 0.2) is 12.2 Å². The standard InChI is InChI=1S/C15H24O4/c1-2-3-4-5-10(16)6-7-11-12-8-15(18)19-14(12)9-13(11)17/h6-7,10-14,16-17H,2-5,8-9H2,1H3/b7-6+/t10-,11+,12-,13+,14+/m0/s1. The van der Waals surface area contributed by atoms with Gasteiger partial charge in [-0.25, -0.2) is 0 Å². The number of carbonyl (C=O) groups is 1. The quantitative estimate of drug-likeness (QED) is 0.438. The molecule has 1 heterocycles. The van der Waals surface area contributed by atoms with Gasteiger partial charge in [0.15, 0.2) is 0 Å². The Bertz CT molecular complexity index is 339. The average Bonchev–Trinajstić information content (AvgIpc) is 2.82. The van der Waals surface area contributed by atoms with Crippen molar-refractivity contribution in [2.45, 2.75) is 63.8 Å². The summed E-state index contributed by atoms with van der Waals surface area (Å²) in [5.74, 6) is -0.136. The lowest BCUT2D eigenvalue weighted by molar-refractivity contribution is -0.141. The lowest BCUT2D eigenvalue weighted by Crippen LogP contribution is -2.18. The first-order chi connectivity index (χ1) is 9.11. The highest BCUT2D eigenvalue weighted by Crippen LogP contribution is 2.42. The average molecular weight is 268 g/mol. The summed E-state index contributed by atoms with van der Waals surface area (Å²) in [6.45, 7) is 2.13. The fourth-order valence-electron chi connectivity index (χ4n) is 3.14. The maximum absolute atomic E-state index is 11.2. The van der Waals surface area contributed by atoms with Gasteiger partial charge in [0.1, 0.15) is 6.10 Å². The highest BCUT2D eigenvalue weighted by atomic mass is 16.6. The maximum Gasteiger partial charge on any atom is 0.306 e. The SMILES string of the molecule is CCCCC[C@H](O)/C=C/[C@@H]1[C@@H]2CC(=O)O[C@@H]2C[C@H]1O. The van der Waals surface area contributed by atoms with Gasteiger partial charge in [0, 0.05) is 18.3 Å². The summed E-state index contributed by atoms with van der Waals surface area (Å²) < 4.78 is 5.18. The molecule has 1 saturated heterocycles. The fourth-order valence-corrected chi connectivity index (χ4v) is 3.14. The number of esters is 1. The van der Waals surface area contributed by atoms with Crippen LogP contribution in [-0.4, -0.2) is 34.5 Å². The van der Waals surface area contributed by atoms with Gasteiger partial charge in [0.2, 0.25) is 0 Å². The van der Waals surface area contributed by atoms with E-state index in [2.05, 4.69) is 6.92 Å². The Kier molecular flexibility index (Phi) is 4.99. The van der Waals surface area contributed by atoms with E-state index in [0.717, 1.165) is 25.7 Å². The minimum atomic E-state index is -0.456. The number of aliphatic hydroxyl groups excluding tert-OH is 2. The Balaban J connectivity index is 1.85. The van der Waals surface area contributed by atoms with Crippen molar-refractivity contribution in [2.75, 3.05) is 0 Å². The van der Waals surface area contributed by atoms with Crippen LogP contribution in [0.25, 0.3) is 0 Å². The Morgan fingerprint density at radius 2 is 2.26 bits per heavy atom. The molecule has 0 unspecified atom stereocenters. The molecule has 19 heavy (non-hydrogen) atoms. The summed E-state index contributed by atoms with van der Waals surface area (Å²) in [6, 6.07) is 0. The molecule has 0 amide bonds. The van der Waals surface area contributed by atoms with Crippen LogP contribution in [0.2, 0.25) is 0 Å². The molecule has 0 aromatic rings. The molecule has 108 valence electrons. The third-order valence-corrected chi connectivity index (χ3v) is 4.23. The second-order valence-electron chi connectivity index (χ2n) is 5.72. The summed E-state index contributed by atoms with van der Waals surface area (Å²) in [4.78, 5) is 11.2. The summed E-state index contributed by atoms with van der Waals surface area (Å²) >= 11 is 0. The van der Waals surface area contributed by atoms with Gasteiger partial charge in [-0.15, -0.1) is 0 Å². The Morgan fingerprint density at radius 3 is 3.00 bits per heavy atom. The van der Waals surface area contributed by atoms with Crippen LogP contribution in [0.1, 0.15) is 45.4 Å². The summed E-state index contributed by atoms with van der Waals surface area (Å²) in [5.41, 5.74) is 0. The molecule has 2 rings (SSSR count). The normalized spacial score (nSPS) is 35.6. The zero-order chi connectivity index (χ0) is 13.8. The highest BCUT2D eigenvalue weighted by molar-refractivity contribution is 5.72. The van der Waals surface area contributed by atoms with Gasteiger partial charge in [0.05, 0.1) is 18.6 Å². The zero-order valence-electron chi connectivity index (χ0n) is 11.5. The van der Waals surface area contributed by atoms with Gasteiger partial charge in [-0.05, 0) is 6.42 Å². The van der Waals surface area contributed by atoms with E-state index in [0.29, 0.717) is 12.8 Å². The third-order valence-electron chi connectivity index (χ3n) is 4.23. The van der Waals surface area contributed by atoms with Gasteiger partial charge < -0.3 is 14.9 Å². The highest BCUT2D eigenvalue weighted by Gasteiger charge is 2.48. The van der Waals surface area contributed by atoms with Crippen LogP contribution in [0.3, 0.4) is 0 Å². The van der Waals surface area contributed by atoms with Crippen LogP contribution < -0.4 is 0 Å². The van der Waals surface area contributed by atoms with Gasteiger partial charge in [-0.3, -0.25) is 4.79 Å². The van der Waals surface area contributed by atoms with Crippen molar-refractivity contribution in [1.29, 1.82) is 0 Å². The molecular weight excluding hydrogens is 244 g/mol. The first-order valence-electron chi connectivity index (χ1n) is 7.35. The second kappa shape index (κ2) is 6.53.